The molecular weight excluding hydrogens is 262 g/mol. The fourth-order valence-electron chi connectivity index (χ4n) is 2.74. The summed E-state index contributed by atoms with van der Waals surface area (Å²) >= 11 is 0. The Balaban J connectivity index is 2.11. The monoisotopic (exact) mass is 287 g/mol. The largest absolute Gasteiger partial charge is 0.391 e. The van der Waals surface area contributed by atoms with Crippen LogP contribution in [0.25, 0.3) is 0 Å². The summed E-state index contributed by atoms with van der Waals surface area (Å²) in [6, 6.07) is 8.35. The molecule has 4 nitrogen and oxygen atoms in total. The van der Waals surface area contributed by atoms with Crippen LogP contribution >= 0.6 is 0 Å². The van der Waals surface area contributed by atoms with E-state index in [1.54, 1.807) is 0 Å². The van der Waals surface area contributed by atoms with Gasteiger partial charge in [0, 0.05) is 19.6 Å². The molecule has 0 aromatic heterocycles. The number of rotatable bonds is 5. The molecule has 4 heteroatoms. The second-order valence-electron chi connectivity index (χ2n) is 5.92. The van der Waals surface area contributed by atoms with Crippen molar-refractivity contribution >= 4 is 5.69 Å². The number of benzene rings is 1. The van der Waals surface area contributed by atoms with Crippen molar-refractivity contribution in [1.82, 2.24) is 5.32 Å². The van der Waals surface area contributed by atoms with Gasteiger partial charge in [-0.1, -0.05) is 19.9 Å². The van der Waals surface area contributed by atoms with Crippen molar-refractivity contribution in [3.8, 4) is 6.07 Å². The summed E-state index contributed by atoms with van der Waals surface area (Å²) in [7, 11) is 0. The molecule has 2 unspecified atom stereocenters. The Labute approximate surface area is 127 Å². The molecule has 1 aliphatic rings. The maximum absolute atomic E-state index is 10.0. The van der Waals surface area contributed by atoms with Crippen LogP contribution in [0.4, 0.5) is 5.69 Å². The van der Waals surface area contributed by atoms with Crippen LogP contribution in [0.3, 0.4) is 0 Å². The maximum atomic E-state index is 10.0. The summed E-state index contributed by atoms with van der Waals surface area (Å²) < 4.78 is 0. The van der Waals surface area contributed by atoms with E-state index in [1.807, 2.05) is 12.1 Å². The molecule has 0 aliphatic carbocycles. The third kappa shape index (κ3) is 3.96. The molecule has 1 heterocycles. The van der Waals surface area contributed by atoms with Gasteiger partial charge in [0.2, 0.25) is 0 Å². The molecule has 0 spiro atoms. The number of hydrogen-bond donors (Lipinski definition) is 2. The van der Waals surface area contributed by atoms with E-state index in [2.05, 4.69) is 36.2 Å². The van der Waals surface area contributed by atoms with Gasteiger partial charge in [-0.15, -0.1) is 0 Å². The highest BCUT2D eigenvalue weighted by atomic mass is 16.3. The lowest BCUT2D eigenvalue weighted by molar-refractivity contribution is 0.103. The van der Waals surface area contributed by atoms with Gasteiger partial charge in [-0.3, -0.25) is 0 Å². The molecule has 0 radical (unpaired) electrons. The predicted octanol–water partition coefficient (Wildman–Crippen LogP) is 2.26. The zero-order chi connectivity index (χ0) is 15.2. The van der Waals surface area contributed by atoms with E-state index in [-0.39, 0.29) is 6.10 Å². The number of nitrogens with zero attached hydrogens (tertiary/aromatic N) is 2. The summed E-state index contributed by atoms with van der Waals surface area (Å²) in [5.74, 6) is 0.337. The lowest BCUT2D eigenvalue weighted by Crippen LogP contribution is -2.43. The van der Waals surface area contributed by atoms with E-state index in [0.717, 1.165) is 43.7 Å². The van der Waals surface area contributed by atoms with Crippen LogP contribution in [0.2, 0.25) is 0 Å². The summed E-state index contributed by atoms with van der Waals surface area (Å²) in [6.07, 6.45) is 1.76. The van der Waals surface area contributed by atoms with Gasteiger partial charge in [-0.2, -0.15) is 5.26 Å². The van der Waals surface area contributed by atoms with Gasteiger partial charge in [0.05, 0.1) is 17.4 Å². The Morgan fingerprint density at radius 3 is 2.95 bits per heavy atom. The van der Waals surface area contributed by atoms with E-state index in [0.29, 0.717) is 18.0 Å². The number of nitrogens with one attached hydrogen (secondary N) is 1. The van der Waals surface area contributed by atoms with Crippen LogP contribution in [0.1, 0.15) is 37.8 Å². The van der Waals surface area contributed by atoms with Crippen molar-refractivity contribution in [1.29, 1.82) is 5.26 Å². The highest BCUT2D eigenvalue weighted by molar-refractivity contribution is 5.60. The van der Waals surface area contributed by atoms with Gasteiger partial charge in [-0.05, 0) is 43.0 Å². The topological polar surface area (TPSA) is 59.3 Å². The van der Waals surface area contributed by atoms with Gasteiger partial charge >= 0.3 is 0 Å². The summed E-state index contributed by atoms with van der Waals surface area (Å²) in [4.78, 5) is 2.13. The molecule has 0 bridgehead atoms. The average molecular weight is 287 g/mol. The van der Waals surface area contributed by atoms with Crippen LogP contribution in [-0.2, 0) is 6.54 Å². The first-order valence-corrected chi connectivity index (χ1v) is 7.82. The van der Waals surface area contributed by atoms with E-state index in [4.69, 9.17) is 0 Å². The first kappa shape index (κ1) is 15.8. The van der Waals surface area contributed by atoms with E-state index < -0.39 is 0 Å². The molecule has 2 N–H and O–H groups in total. The van der Waals surface area contributed by atoms with Crippen molar-refractivity contribution in [3.05, 3.63) is 29.3 Å². The molecule has 1 aliphatic heterocycles. The minimum atomic E-state index is -0.309. The van der Waals surface area contributed by atoms with Crippen molar-refractivity contribution in [2.45, 2.75) is 39.3 Å². The van der Waals surface area contributed by atoms with Gasteiger partial charge < -0.3 is 15.3 Å². The molecule has 1 aromatic rings. The first-order chi connectivity index (χ1) is 10.2. The van der Waals surface area contributed by atoms with Crippen LogP contribution in [0, 0.1) is 17.2 Å². The number of aliphatic hydroxyl groups excluding tert-OH is 1. The highest BCUT2D eigenvalue weighted by Gasteiger charge is 2.25. The zero-order valence-corrected chi connectivity index (χ0v) is 13.0. The quantitative estimate of drug-likeness (QED) is 0.816. The van der Waals surface area contributed by atoms with Gasteiger partial charge in [-0.25, -0.2) is 0 Å². The van der Waals surface area contributed by atoms with Crippen molar-refractivity contribution in [2.75, 3.05) is 24.5 Å². The lowest BCUT2D eigenvalue weighted by Gasteiger charge is -2.36. The second kappa shape index (κ2) is 7.44. The minimum absolute atomic E-state index is 0.309. The van der Waals surface area contributed by atoms with Crippen LogP contribution in [0.5, 0.6) is 0 Å². The number of nitriles is 1. The van der Waals surface area contributed by atoms with Crippen LogP contribution < -0.4 is 10.2 Å². The van der Waals surface area contributed by atoms with E-state index in [1.165, 1.54) is 0 Å². The molecule has 21 heavy (non-hydrogen) atoms. The second-order valence-corrected chi connectivity index (χ2v) is 5.92. The third-order valence-corrected chi connectivity index (χ3v) is 4.20. The summed E-state index contributed by atoms with van der Waals surface area (Å²) in [6.45, 7) is 7.51. The fraction of sp³-hybridized carbons (Fsp3) is 0.588. The number of piperidine rings is 1. The van der Waals surface area contributed by atoms with Gasteiger partial charge in [0.1, 0.15) is 6.07 Å². The van der Waals surface area contributed by atoms with Gasteiger partial charge in [0.25, 0.3) is 0 Å². The summed E-state index contributed by atoms with van der Waals surface area (Å²) in [5, 5.41) is 22.8. The van der Waals surface area contributed by atoms with E-state index >= 15 is 0 Å². The number of β-amino-alcohol motifs (C(OH)–C–C–N with tert-alkyl or cyclic N) is 1. The molecule has 1 aromatic carbocycles. The fourth-order valence-corrected chi connectivity index (χ4v) is 2.74. The first-order valence-electron chi connectivity index (χ1n) is 7.82. The molecule has 0 saturated carbocycles. The maximum Gasteiger partial charge on any atom is 0.101 e. The van der Waals surface area contributed by atoms with Crippen LogP contribution in [-0.4, -0.2) is 30.8 Å². The van der Waals surface area contributed by atoms with Crippen LogP contribution in [0.15, 0.2) is 18.2 Å². The normalized spacial score (nSPS) is 22.1. The minimum Gasteiger partial charge on any atom is -0.391 e. The molecule has 0 amide bonds. The third-order valence-electron chi connectivity index (χ3n) is 4.20. The predicted molar refractivity (Wildman–Crippen MR) is 85.2 cm³/mol. The Bertz CT molecular complexity index is 509. The lowest BCUT2D eigenvalue weighted by atomic mass is 9.95. The van der Waals surface area contributed by atoms with Crippen molar-refractivity contribution < 1.29 is 5.11 Å². The Morgan fingerprint density at radius 2 is 2.29 bits per heavy atom. The highest BCUT2D eigenvalue weighted by Crippen LogP contribution is 2.27. The number of hydrogen-bond acceptors (Lipinski definition) is 4. The average Bonchev–Trinajstić information content (AvgIpc) is 2.50. The molecule has 1 saturated heterocycles. The number of aliphatic hydroxyl groups is 1. The molecule has 2 rings (SSSR count). The SMILES string of the molecule is CCCNCc1ccc(N2CCC(C)C(O)C2)c(C#N)c1. The number of anilines is 1. The molecule has 1 fully saturated rings. The Kier molecular flexibility index (Phi) is 5.60. The molecular formula is C17H25N3O. The molecule has 114 valence electrons. The summed E-state index contributed by atoms with van der Waals surface area (Å²) in [5.41, 5.74) is 2.78. The standard InChI is InChI=1S/C17H25N3O/c1-3-7-19-11-14-4-5-16(15(9-14)10-18)20-8-6-13(2)17(21)12-20/h4-5,9,13,17,19,21H,3,6-8,11-12H2,1-2H3. The molecule has 2 atom stereocenters. The van der Waals surface area contributed by atoms with Crippen molar-refractivity contribution in [3.63, 3.8) is 0 Å². The Morgan fingerprint density at radius 1 is 1.48 bits per heavy atom. The zero-order valence-electron chi connectivity index (χ0n) is 13.0. The Hall–Kier alpha value is -1.57. The smallest absolute Gasteiger partial charge is 0.101 e. The van der Waals surface area contributed by atoms with E-state index in [9.17, 15) is 10.4 Å². The van der Waals surface area contributed by atoms with Crippen molar-refractivity contribution in [2.24, 2.45) is 5.92 Å². The van der Waals surface area contributed by atoms with Gasteiger partial charge in [0.15, 0.2) is 0 Å².